The Morgan fingerprint density at radius 2 is 1.83 bits per heavy atom. The molecule has 0 bridgehead atoms. The number of rotatable bonds is 5. The van der Waals surface area contributed by atoms with E-state index in [2.05, 4.69) is 87.7 Å². The molecule has 122 valence electrons. The third-order valence-electron chi connectivity index (χ3n) is 4.67. The molecule has 1 saturated heterocycles. The molecule has 1 heterocycles. The Bertz CT molecular complexity index is 606. The van der Waals surface area contributed by atoms with Crippen LogP contribution >= 0.6 is 15.9 Å². The van der Waals surface area contributed by atoms with E-state index in [1.165, 1.54) is 37.1 Å². The molecule has 1 aliphatic heterocycles. The molecule has 3 heteroatoms. The molecule has 0 unspecified atom stereocenters. The van der Waals surface area contributed by atoms with Crippen LogP contribution in [0.15, 0.2) is 59.1 Å². The van der Waals surface area contributed by atoms with Crippen molar-refractivity contribution in [2.75, 3.05) is 13.1 Å². The highest BCUT2D eigenvalue weighted by atomic mass is 79.9. The van der Waals surface area contributed by atoms with E-state index >= 15 is 0 Å². The van der Waals surface area contributed by atoms with Crippen molar-refractivity contribution in [1.29, 1.82) is 0 Å². The first-order chi connectivity index (χ1) is 11.2. The molecule has 2 nitrogen and oxygen atoms in total. The first-order valence-corrected chi connectivity index (χ1v) is 9.28. The van der Waals surface area contributed by atoms with Crippen LogP contribution in [0, 0.1) is 0 Å². The number of hydrogen-bond donors (Lipinski definition) is 1. The van der Waals surface area contributed by atoms with Gasteiger partial charge in [-0.15, -0.1) is 0 Å². The van der Waals surface area contributed by atoms with Crippen LogP contribution in [0.5, 0.6) is 0 Å². The summed E-state index contributed by atoms with van der Waals surface area (Å²) in [6.07, 6.45) is 2.45. The van der Waals surface area contributed by atoms with Gasteiger partial charge in [0.15, 0.2) is 0 Å². The zero-order valence-electron chi connectivity index (χ0n) is 13.7. The summed E-state index contributed by atoms with van der Waals surface area (Å²) in [6, 6.07) is 20.4. The Labute approximate surface area is 148 Å². The number of nitrogens with one attached hydrogen (secondary N) is 1. The lowest BCUT2D eigenvalue weighted by Crippen LogP contribution is -2.42. The van der Waals surface area contributed by atoms with Crippen molar-refractivity contribution in [2.24, 2.45) is 0 Å². The molecule has 0 spiro atoms. The number of halogens is 1. The Hall–Kier alpha value is -1.16. The zero-order valence-corrected chi connectivity index (χ0v) is 15.3. The highest BCUT2D eigenvalue weighted by Crippen LogP contribution is 2.21. The summed E-state index contributed by atoms with van der Waals surface area (Å²) in [5.41, 5.74) is 2.77. The van der Waals surface area contributed by atoms with Gasteiger partial charge in [0.1, 0.15) is 0 Å². The third kappa shape index (κ3) is 4.90. The molecule has 1 aliphatic rings. The third-order valence-corrected chi connectivity index (χ3v) is 5.16. The predicted molar refractivity (Wildman–Crippen MR) is 100 cm³/mol. The van der Waals surface area contributed by atoms with Gasteiger partial charge in [-0.1, -0.05) is 58.4 Å². The average Bonchev–Trinajstić information content (AvgIpc) is 2.57. The van der Waals surface area contributed by atoms with E-state index in [1.54, 1.807) is 0 Å². The van der Waals surface area contributed by atoms with Crippen LogP contribution in [0.2, 0.25) is 0 Å². The van der Waals surface area contributed by atoms with Gasteiger partial charge in [-0.3, -0.25) is 4.90 Å². The van der Waals surface area contributed by atoms with Crippen molar-refractivity contribution in [3.8, 4) is 0 Å². The zero-order chi connectivity index (χ0) is 16.1. The highest BCUT2D eigenvalue weighted by Gasteiger charge is 2.20. The fourth-order valence-electron chi connectivity index (χ4n) is 3.33. The molecule has 2 aromatic carbocycles. The molecule has 0 aliphatic carbocycles. The number of piperidine rings is 1. The maximum atomic E-state index is 3.80. The second-order valence-electron chi connectivity index (χ2n) is 6.48. The van der Waals surface area contributed by atoms with Crippen molar-refractivity contribution in [2.45, 2.75) is 38.4 Å². The predicted octanol–water partition coefficient (Wildman–Crippen LogP) is 4.76. The van der Waals surface area contributed by atoms with Gasteiger partial charge in [0.2, 0.25) is 0 Å². The van der Waals surface area contributed by atoms with Crippen molar-refractivity contribution < 1.29 is 0 Å². The topological polar surface area (TPSA) is 15.3 Å². The molecular weight excluding hydrogens is 348 g/mol. The lowest BCUT2D eigenvalue weighted by atomic mass is 10.0. The average molecular weight is 373 g/mol. The minimum absolute atomic E-state index is 0.401. The normalized spacial score (nSPS) is 18.0. The second kappa shape index (κ2) is 8.09. The maximum absolute atomic E-state index is 3.80. The van der Waals surface area contributed by atoms with Crippen LogP contribution in [-0.2, 0) is 6.54 Å². The van der Waals surface area contributed by atoms with Crippen LogP contribution < -0.4 is 5.32 Å². The monoisotopic (exact) mass is 372 g/mol. The summed E-state index contributed by atoms with van der Waals surface area (Å²) >= 11 is 3.56. The molecule has 1 N–H and O–H groups in total. The van der Waals surface area contributed by atoms with E-state index in [9.17, 15) is 0 Å². The highest BCUT2D eigenvalue weighted by molar-refractivity contribution is 9.10. The summed E-state index contributed by atoms with van der Waals surface area (Å²) in [4.78, 5) is 2.57. The molecule has 2 aromatic rings. The van der Waals surface area contributed by atoms with Gasteiger partial charge >= 0.3 is 0 Å². The van der Waals surface area contributed by atoms with Gasteiger partial charge in [-0.05, 0) is 56.1 Å². The number of nitrogens with zero attached hydrogens (tertiary/aromatic N) is 1. The van der Waals surface area contributed by atoms with Gasteiger partial charge in [0.05, 0.1) is 0 Å². The molecule has 23 heavy (non-hydrogen) atoms. The quantitative estimate of drug-likeness (QED) is 0.813. The van der Waals surface area contributed by atoms with Crippen LogP contribution in [-0.4, -0.2) is 24.0 Å². The molecule has 0 saturated carbocycles. The summed E-state index contributed by atoms with van der Waals surface area (Å²) in [7, 11) is 0. The Morgan fingerprint density at radius 3 is 2.52 bits per heavy atom. The van der Waals surface area contributed by atoms with Gasteiger partial charge in [-0.25, -0.2) is 0 Å². The van der Waals surface area contributed by atoms with Crippen molar-refractivity contribution in [1.82, 2.24) is 10.2 Å². The molecule has 0 amide bonds. The first-order valence-electron chi connectivity index (χ1n) is 8.48. The summed E-state index contributed by atoms with van der Waals surface area (Å²) in [6.45, 7) is 5.70. The number of benzene rings is 2. The standard InChI is InChI=1S/C20H25BrN2/c1-16(18-8-5-9-19(21)14-18)22-20-10-12-23(13-11-20)15-17-6-3-2-4-7-17/h2-9,14,16,20,22H,10-13,15H2,1H3/t16-/m0/s1. The van der Waals surface area contributed by atoms with Crippen LogP contribution in [0.25, 0.3) is 0 Å². The first kappa shape index (κ1) is 16.7. The van der Waals surface area contributed by atoms with Crippen molar-refractivity contribution in [3.63, 3.8) is 0 Å². The smallest absolute Gasteiger partial charge is 0.0294 e. The minimum Gasteiger partial charge on any atom is -0.307 e. The second-order valence-corrected chi connectivity index (χ2v) is 7.40. The van der Waals surface area contributed by atoms with E-state index < -0.39 is 0 Å². The summed E-state index contributed by atoms with van der Waals surface area (Å²) in [5, 5.41) is 3.80. The Kier molecular flexibility index (Phi) is 5.87. The van der Waals surface area contributed by atoms with E-state index in [0.717, 1.165) is 11.0 Å². The molecule has 1 atom stereocenters. The van der Waals surface area contributed by atoms with Gasteiger partial charge in [0, 0.05) is 23.1 Å². The van der Waals surface area contributed by atoms with E-state index in [4.69, 9.17) is 0 Å². The van der Waals surface area contributed by atoms with Crippen molar-refractivity contribution in [3.05, 3.63) is 70.2 Å². The molecule has 1 fully saturated rings. The van der Waals surface area contributed by atoms with Crippen molar-refractivity contribution >= 4 is 15.9 Å². The van der Waals surface area contributed by atoms with Gasteiger partial charge in [-0.2, -0.15) is 0 Å². The van der Waals surface area contributed by atoms with Gasteiger partial charge < -0.3 is 5.32 Å². The van der Waals surface area contributed by atoms with Crippen LogP contribution in [0.4, 0.5) is 0 Å². The Balaban J connectivity index is 1.47. The lowest BCUT2D eigenvalue weighted by molar-refractivity contribution is 0.185. The fraction of sp³-hybridized carbons (Fsp3) is 0.400. The lowest BCUT2D eigenvalue weighted by Gasteiger charge is -2.34. The maximum Gasteiger partial charge on any atom is 0.0294 e. The summed E-state index contributed by atoms with van der Waals surface area (Å²) < 4.78 is 1.15. The van der Waals surface area contributed by atoms with Gasteiger partial charge in [0.25, 0.3) is 0 Å². The molecule has 3 rings (SSSR count). The van der Waals surface area contributed by atoms with E-state index in [0.29, 0.717) is 12.1 Å². The largest absolute Gasteiger partial charge is 0.307 e. The van der Waals surface area contributed by atoms with E-state index in [-0.39, 0.29) is 0 Å². The SMILES string of the molecule is C[C@H](NC1CCN(Cc2ccccc2)CC1)c1cccc(Br)c1. The number of likely N-dealkylation sites (tertiary alicyclic amines) is 1. The molecule has 0 radical (unpaired) electrons. The van der Waals surface area contributed by atoms with Crippen LogP contribution in [0.3, 0.4) is 0 Å². The van der Waals surface area contributed by atoms with E-state index in [1.807, 2.05) is 0 Å². The minimum atomic E-state index is 0.401. The molecular formula is C20H25BrN2. The number of hydrogen-bond acceptors (Lipinski definition) is 2. The Morgan fingerprint density at radius 1 is 1.09 bits per heavy atom. The summed E-state index contributed by atoms with van der Waals surface area (Å²) in [5.74, 6) is 0. The fourth-order valence-corrected chi connectivity index (χ4v) is 3.74. The molecule has 0 aromatic heterocycles. The van der Waals surface area contributed by atoms with Crippen LogP contribution in [0.1, 0.15) is 36.9 Å².